The lowest BCUT2D eigenvalue weighted by Gasteiger charge is -2.15. The minimum atomic E-state index is -4.23. The summed E-state index contributed by atoms with van der Waals surface area (Å²) in [6, 6.07) is 16.3. The van der Waals surface area contributed by atoms with E-state index in [0.29, 0.717) is 5.56 Å². The Morgan fingerprint density at radius 1 is 1.08 bits per heavy atom. The van der Waals surface area contributed by atoms with Gasteiger partial charge in [0.2, 0.25) is 0 Å². The molecule has 0 unspecified atom stereocenters. The van der Waals surface area contributed by atoms with Gasteiger partial charge in [0.25, 0.3) is 15.7 Å². The molecule has 0 aliphatic heterocycles. The molecule has 0 aromatic heterocycles. The molecule has 0 bridgehead atoms. The summed E-state index contributed by atoms with van der Waals surface area (Å²) < 4.78 is 26.1. The molecule has 0 saturated heterocycles. The van der Waals surface area contributed by atoms with Crippen molar-refractivity contribution in [3.63, 3.8) is 0 Å². The van der Waals surface area contributed by atoms with Crippen LogP contribution in [0.4, 0.5) is 5.69 Å². The van der Waals surface area contributed by atoms with E-state index in [4.69, 9.17) is 6.42 Å². The Labute approximate surface area is 139 Å². The molecule has 2 aromatic rings. The molecule has 0 saturated carbocycles. The van der Waals surface area contributed by atoms with Crippen molar-refractivity contribution >= 4 is 15.7 Å². The van der Waals surface area contributed by atoms with E-state index in [9.17, 15) is 18.5 Å². The number of benzene rings is 2. The van der Waals surface area contributed by atoms with Crippen molar-refractivity contribution in [2.75, 3.05) is 6.54 Å². The van der Waals surface area contributed by atoms with E-state index < -0.39 is 25.5 Å². The van der Waals surface area contributed by atoms with Crippen molar-refractivity contribution in [3.05, 3.63) is 70.3 Å². The average Bonchev–Trinajstić information content (AvgIpc) is 2.59. The molecular formula is C17H12N2O4S. The van der Waals surface area contributed by atoms with E-state index in [-0.39, 0.29) is 6.54 Å². The fourth-order valence-electron chi connectivity index (χ4n) is 1.86. The molecule has 24 heavy (non-hydrogen) atoms. The number of rotatable bonds is 4. The number of nitrogens with zero attached hydrogens (tertiary/aromatic N) is 2. The average molecular weight is 340 g/mol. The summed E-state index contributed by atoms with van der Waals surface area (Å²) in [4.78, 5) is 9.86. The Hall–Kier alpha value is -3.29. The van der Waals surface area contributed by atoms with Crippen molar-refractivity contribution in [3.8, 4) is 24.3 Å². The first-order valence-electron chi connectivity index (χ1n) is 6.73. The Morgan fingerprint density at radius 3 is 2.33 bits per heavy atom. The summed E-state index contributed by atoms with van der Waals surface area (Å²) in [6.07, 6.45) is 5.21. The number of nitro benzene ring substituents is 1. The summed E-state index contributed by atoms with van der Waals surface area (Å²) in [5, 5.41) is 11.1. The van der Waals surface area contributed by atoms with Crippen LogP contribution in [0.3, 0.4) is 0 Å². The molecule has 0 amide bonds. The van der Waals surface area contributed by atoms with Crippen molar-refractivity contribution in [1.82, 2.24) is 4.31 Å². The lowest BCUT2D eigenvalue weighted by atomic mass is 10.2. The Balaban J connectivity index is 2.50. The lowest BCUT2D eigenvalue weighted by molar-refractivity contribution is -0.387. The predicted octanol–water partition coefficient (Wildman–Crippen LogP) is 2.23. The van der Waals surface area contributed by atoms with Crippen LogP contribution in [0.15, 0.2) is 59.5 Å². The minimum Gasteiger partial charge on any atom is -0.258 e. The van der Waals surface area contributed by atoms with Gasteiger partial charge in [-0.15, -0.1) is 6.42 Å². The Morgan fingerprint density at radius 2 is 1.71 bits per heavy atom. The van der Waals surface area contributed by atoms with Crippen molar-refractivity contribution in [1.29, 1.82) is 0 Å². The summed E-state index contributed by atoms with van der Waals surface area (Å²) in [5.74, 6) is 4.89. The van der Waals surface area contributed by atoms with Crippen LogP contribution < -0.4 is 0 Å². The number of para-hydroxylation sites is 1. The van der Waals surface area contributed by atoms with Gasteiger partial charge >= 0.3 is 0 Å². The van der Waals surface area contributed by atoms with E-state index in [0.717, 1.165) is 16.4 Å². The summed E-state index contributed by atoms with van der Waals surface area (Å²) in [6.45, 7) is -0.325. The second kappa shape index (κ2) is 7.32. The number of terminal acetylenes is 1. The maximum absolute atomic E-state index is 12.7. The molecule has 0 aliphatic carbocycles. The quantitative estimate of drug-likeness (QED) is 0.370. The third kappa shape index (κ3) is 3.72. The smallest absolute Gasteiger partial charge is 0.258 e. The largest absolute Gasteiger partial charge is 0.289 e. The van der Waals surface area contributed by atoms with Crippen LogP contribution in [-0.4, -0.2) is 24.2 Å². The van der Waals surface area contributed by atoms with Crippen LogP contribution in [-0.2, 0) is 10.0 Å². The molecule has 0 fully saturated rings. The highest BCUT2D eigenvalue weighted by molar-refractivity contribution is 7.89. The molecule has 0 radical (unpaired) electrons. The standard InChI is InChI=1S/C17H12N2O4S/c1-2-13-18(14-12-15-8-4-3-5-9-15)24(22,23)17-11-7-6-10-16(17)19(20)21/h1,3-11H,13H2. The molecule has 0 spiro atoms. The van der Waals surface area contributed by atoms with Gasteiger partial charge in [-0.1, -0.05) is 36.3 Å². The Kier molecular flexibility index (Phi) is 5.20. The van der Waals surface area contributed by atoms with Crippen LogP contribution in [0.2, 0.25) is 0 Å². The zero-order valence-corrected chi connectivity index (χ0v) is 13.2. The topological polar surface area (TPSA) is 80.5 Å². The van der Waals surface area contributed by atoms with Crippen LogP contribution >= 0.6 is 0 Å². The van der Waals surface area contributed by atoms with Gasteiger partial charge in [-0.3, -0.25) is 10.1 Å². The summed E-state index contributed by atoms with van der Waals surface area (Å²) >= 11 is 0. The van der Waals surface area contributed by atoms with Gasteiger partial charge in [-0.05, 0) is 24.1 Å². The first kappa shape index (κ1) is 17.1. The second-order valence-corrected chi connectivity index (χ2v) is 6.37. The van der Waals surface area contributed by atoms with Gasteiger partial charge in [0.05, 0.1) is 4.92 Å². The van der Waals surface area contributed by atoms with E-state index >= 15 is 0 Å². The van der Waals surface area contributed by atoms with Crippen molar-refractivity contribution < 1.29 is 13.3 Å². The molecular weight excluding hydrogens is 328 g/mol. The van der Waals surface area contributed by atoms with E-state index in [2.05, 4.69) is 17.9 Å². The summed E-state index contributed by atoms with van der Waals surface area (Å²) in [5.41, 5.74) is 0.0679. The molecule has 0 aliphatic rings. The Bertz CT molecular complexity index is 951. The monoisotopic (exact) mass is 340 g/mol. The van der Waals surface area contributed by atoms with Crippen molar-refractivity contribution in [2.24, 2.45) is 0 Å². The first-order valence-corrected chi connectivity index (χ1v) is 8.17. The van der Waals surface area contributed by atoms with E-state index in [1.807, 2.05) is 0 Å². The van der Waals surface area contributed by atoms with E-state index in [1.54, 1.807) is 30.3 Å². The fraction of sp³-hybridized carbons (Fsp3) is 0.0588. The number of hydrogen-bond donors (Lipinski definition) is 0. The number of nitro groups is 1. The maximum Gasteiger partial charge on any atom is 0.289 e. The van der Waals surface area contributed by atoms with Gasteiger partial charge in [0.15, 0.2) is 4.90 Å². The lowest BCUT2D eigenvalue weighted by Crippen LogP contribution is -2.27. The second-order valence-electron chi connectivity index (χ2n) is 4.54. The van der Waals surface area contributed by atoms with Gasteiger partial charge < -0.3 is 0 Å². The molecule has 2 aromatic carbocycles. The zero-order valence-electron chi connectivity index (χ0n) is 12.4. The first-order chi connectivity index (χ1) is 11.5. The third-order valence-corrected chi connectivity index (χ3v) is 4.67. The molecule has 6 nitrogen and oxygen atoms in total. The molecule has 7 heteroatoms. The normalized spacial score (nSPS) is 10.1. The predicted molar refractivity (Wildman–Crippen MR) is 89.1 cm³/mol. The van der Waals surface area contributed by atoms with Gasteiger partial charge in [-0.2, -0.15) is 0 Å². The summed E-state index contributed by atoms with van der Waals surface area (Å²) in [7, 11) is -4.23. The number of sulfonamides is 1. The van der Waals surface area contributed by atoms with Crippen molar-refractivity contribution in [2.45, 2.75) is 4.90 Å². The van der Waals surface area contributed by atoms with Gasteiger partial charge in [0.1, 0.15) is 6.54 Å². The number of hydrogen-bond acceptors (Lipinski definition) is 4. The third-order valence-electron chi connectivity index (χ3n) is 2.96. The molecule has 0 atom stereocenters. The molecule has 2 rings (SSSR count). The highest BCUT2D eigenvalue weighted by Crippen LogP contribution is 2.25. The SMILES string of the molecule is C#CCN(C#Cc1ccccc1)S(=O)(=O)c1ccccc1[N+](=O)[O-]. The van der Waals surface area contributed by atoms with E-state index in [1.165, 1.54) is 12.1 Å². The van der Waals surface area contributed by atoms with Gasteiger partial charge in [-0.25, -0.2) is 12.7 Å². The maximum atomic E-state index is 12.7. The molecule has 0 heterocycles. The highest BCUT2D eigenvalue weighted by atomic mass is 32.2. The van der Waals surface area contributed by atoms with Crippen LogP contribution in [0.1, 0.15) is 5.56 Å². The van der Waals surface area contributed by atoms with Crippen LogP contribution in [0.25, 0.3) is 0 Å². The van der Waals surface area contributed by atoms with Gasteiger partial charge in [0, 0.05) is 17.7 Å². The zero-order chi connectivity index (χ0) is 17.6. The molecule has 0 N–H and O–H groups in total. The van der Waals surface area contributed by atoms with Crippen LogP contribution in [0, 0.1) is 34.4 Å². The molecule has 120 valence electrons. The highest BCUT2D eigenvalue weighted by Gasteiger charge is 2.29. The van der Waals surface area contributed by atoms with Crippen LogP contribution in [0.5, 0.6) is 0 Å². The minimum absolute atomic E-state index is 0.325. The fourth-order valence-corrected chi connectivity index (χ4v) is 3.17.